The molecule has 0 saturated carbocycles. The molecule has 0 bridgehead atoms. The summed E-state index contributed by atoms with van der Waals surface area (Å²) in [4.78, 5) is 11.7. The zero-order valence-electron chi connectivity index (χ0n) is 9.60. The van der Waals surface area contributed by atoms with Gasteiger partial charge in [0, 0.05) is 11.8 Å². The van der Waals surface area contributed by atoms with Crippen LogP contribution in [0.1, 0.15) is 11.3 Å². The van der Waals surface area contributed by atoms with Gasteiger partial charge in [0.15, 0.2) is 0 Å². The minimum Gasteiger partial charge on any atom is -0.382 e. The lowest BCUT2D eigenvalue weighted by molar-refractivity contribution is -0.117. The molecule has 7 nitrogen and oxygen atoms in total. The quantitative estimate of drug-likeness (QED) is 0.816. The van der Waals surface area contributed by atoms with Crippen molar-refractivity contribution in [1.29, 1.82) is 0 Å². The second kappa shape index (κ2) is 4.28. The van der Waals surface area contributed by atoms with Gasteiger partial charge in [-0.3, -0.25) is 14.8 Å². The fourth-order valence-electron chi connectivity index (χ4n) is 1.31. The molecule has 2 aromatic rings. The van der Waals surface area contributed by atoms with E-state index in [1.807, 2.05) is 13.8 Å². The summed E-state index contributed by atoms with van der Waals surface area (Å²) in [6.07, 6.45) is 1.63. The summed E-state index contributed by atoms with van der Waals surface area (Å²) in [5.41, 5.74) is 7.01. The molecule has 0 aliphatic rings. The Morgan fingerprint density at radius 2 is 2.35 bits per heavy atom. The van der Waals surface area contributed by atoms with E-state index in [2.05, 4.69) is 15.6 Å². The van der Waals surface area contributed by atoms with E-state index in [-0.39, 0.29) is 12.5 Å². The number of nitrogens with one attached hydrogen (secondary N) is 1. The number of nitrogens with zero attached hydrogens (tertiary/aromatic N) is 3. The number of hydrogen-bond donors (Lipinski definition) is 2. The van der Waals surface area contributed by atoms with Crippen LogP contribution in [-0.4, -0.2) is 20.8 Å². The van der Waals surface area contributed by atoms with Crippen LogP contribution in [0.25, 0.3) is 0 Å². The van der Waals surface area contributed by atoms with Crippen LogP contribution in [0.15, 0.2) is 16.8 Å². The van der Waals surface area contributed by atoms with E-state index in [1.54, 1.807) is 12.3 Å². The van der Waals surface area contributed by atoms with Crippen molar-refractivity contribution in [3.8, 4) is 0 Å². The number of nitrogens with two attached hydrogens (primary N) is 1. The minimum atomic E-state index is -0.243. The standard InChI is InChI=1S/C10H13N5O2/c1-6-7(2)14-17-10(6)12-9(16)5-15-4-3-8(11)13-15/h3-4H,5H2,1-2H3,(H2,11,13)(H,12,16). The highest BCUT2D eigenvalue weighted by molar-refractivity contribution is 5.89. The molecule has 0 radical (unpaired) electrons. The molecule has 0 spiro atoms. The lowest BCUT2D eigenvalue weighted by atomic mass is 10.3. The molecule has 0 aromatic carbocycles. The van der Waals surface area contributed by atoms with Crippen molar-refractivity contribution in [2.24, 2.45) is 0 Å². The summed E-state index contributed by atoms with van der Waals surface area (Å²) in [7, 11) is 0. The smallest absolute Gasteiger partial charge is 0.248 e. The number of nitrogen functional groups attached to an aromatic ring is 1. The van der Waals surface area contributed by atoms with Gasteiger partial charge in [0.2, 0.25) is 11.8 Å². The molecular formula is C10H13N5O2. The predicted molar refractivity (Wildman–Crippen MR) is 61.2 cm³/mol. The van der Waals surface area contributed by atoms with Crippen molar-refractivity contribution in [2.45, 2.75) is 20.4 Å². The van der Waals surface area contributed by atoms with Gasteiger partial charge in [0.1, 0.15) is 12.4 Å². The minimum absolute atomic E-state index is 0.0797. The second-order valence-electron chi connectivity index (χ2n) is 3.71. The summed E-state index contributed by atoms with van der Waals surface area (Å²) >= 11 is 0. The zero-order chi connectivity index (χ0) is 12.4. The first-order valence-electron chi connectivity index (χ1n) is 5.08. The average molecular weight is 235 g/mol. The van der Waals surface area contributed by atoms with E-state index in [0.29, 0.717) is 11.7 Å². The van der Waals surface area contributed by atoms with Crippen LogP contribution in [0.3, 0.4) is 0 Å². The van der Waals surface area contributed by atoms with E-state index < -0.39 is 0 Å². The van der Waals surface area contributed by atoms with Crippen molar-refractivity contribution in [3.05, 3.63) is 23.5 Å². The molecule has 3 N–H and O–H groups in total. The number of anilines is 2. The highest BCUT2D eigenvalue weighted by Gasteiger charge is 2.12. The van der Waals surface area contributed by atoms with Crippen molar-refractivity contribution < 1.29 is 9.32 Å². The average Bonchev–Trinajstić information content (AvgIpc) is 2.79. The first-order chi connectivity index (χ1) is 8.06. The van der Waals surface area contributed by atoms with Gasteiger partial charge < -0.3 is 10.3 Å². The molecule has 0 fully saturated rings. The number of aryl methyl sites for hydroxylation is 1. The molecule has 0 atom stereocenters. The fourth-order valence-corrected chi connectivity index (χ4v) is 1.31. The summed E-state index contributed by atoms with van der Waals surface area (Å²) in [5, 5.41) is 10.3. The summed E-state index contributed by atoms with van der Waals surface area (Å²) in [6, 6.07) is 1.62. The normalized spacial score (nSPS) is 10.5. The molecule has 17 heavy (non-hydrogen) atoms. The first-order valence-corrected chi connectivity index (χ1v) is 5.08. The molecule has 2 heterocycles. The SMILES string of the molecule is Cc1noc(NC(=O)Cn2ccc(N)n2)c1C. The number of rotatable bonds is 3. The number of hydrogen-bond acceptors (Lipinski definition) is 5. The maximum absolute atomic E-state index is 11.7. The third-order valence-corrected chi connectivity index (χ3v) is 2.38. The van der Waals surface area contributed by atoms with Crippen LogP contribution in [-0.2, 0) is 11.3 Å². The van der Waals surface area contributed by atoms with Gasteiger partial charge >= 0.3 is 0 Å². The molecule has 0 aliphatic carbocycles. The maximum atomic E-state index is 11.7. The van der Waals surface area contributed by atoms with E-state index in [4.69, 9.17) is 10.3 Å². The van der Waals surface area contributed by atoms with Gasteiger partial charge in [-0.05, 0) is 19.9 Å². The van der Waals surface area contributed by atoms with Crippen LogP contribution in [0.5, 0.6) is 0 Å². The van der Waals surface area contributed by atoms with E-state index >= 15 is 0 Å². The lowest BCUT2D eigenvalue weighted by Gasteiger charge is -2.02. The molecule has 7 heteroatoms. The molecule has 2 aromatic heterocycles. The van der Waals surface area contributed by atoms with Gasteiger partial charge in [-0.15, -0.1) is 0 Å². The van der Waals surface area contributed by atoms with Crippen molar-refractivity contribution in [2.75, 3.05) is 11.1 Å². The Hall–Kier alpha value is -2.31. The maximum Gasteiger partial charge on any atom is 0.248 e. The van der Waals surface area contributed by atoms with Crippen LogP contribution in [0, 0.1) is 13.8 Å². The molecular weight excluding hydrogens is 222 g/mol. The largest absolute Gasteiger partial charge is 0.382 e. The number of carbonyl (C=O) groups excluding carboxylic acids is 1. The van der Waals surface area contributed by atoms with Gasteiger partial charge in [-0.1, -0.05) is 5.16 Å². The molecule has 0 unspecified atom stereocenters. The van der Waals surface area contributed by atoms with Gasteiger partial charge in [-0.2, -0.15) is 5.10 Å². The van der Waals surface area contributed by atoms with Gasteiger partial charge in [-0.25, -0.2) is 0 Å². The number of aromatic nitrogens is 3. The Balaban J connectivity index is 2.00. The molecule has 1 amide bonds. The molecule has 0 saturated heterocycles. The zero-order valence-corrected chi connectivity index (χ0v) is 9.60. The van der Waals surface area contributed by atoms with Gasteiger partial charge in [0.05, 0.1) is 5.69 Å². The summed E-state index contributed by atoms with van der Waals surface area (Å²) in [5.74, 6) is 0.504. The number of amides is 1. The number of carbonyl (C=O) groups is 1. The third-order valence-electron chi connectivity index (χ3n) is 2.38. The van der Waals surface area contributed by atoms with E-state index in [1.165, 1.54) is 4.68 Å². The van der Waals surface area contributed by atoms with Crippen molar-refractivity contribution in [3.63, 3.8) is 0 Å². The molecule has 0 aliphatic heterocycles. The summed E-state index contributed by atoms with van der Waals surface area (Å²) < 4.78 is 6.42. The molecule has 90 valence electrons. The van der Waals surface area contributed by atoms with Gasteiger partial charge in [0.25, 0.3) is 0 Å². The van der Waals surface area contributed by atoms with Crippen LogP contribution in [0.2, 0.25) is 0 Å². The highest BCUT2D eigenvalue weighted by Crippen LogP contribution is 2.17. The van der Waals surface area contributed by atoms with Crippen molar-refractivity contribution >= 4 is 17.6 Å². The van der Waals surface area contributed by atoms with Crippen LogP contribution < -0.4 is 11.1 Å². The Morgan fingerprint density at radius 3 is 2.88 bits per heavy atom. The fraction of sp³-hybridized carbons (Fsp3) is 0.300. The highest BCUT2D eigenvalue weighted by atomic mass is 16.5. The topological polar surface area (TPSA) is 99.0 Å². The monoisotopic (exact) mass is 235 g/mol. The second-order valence-corrected chi connectivity index (χ2v) is 3.71. The Labute approximate surface area is 97.6 Å². The summed E-state index contributed by atoms with van der Waals surface area (Å²) in [6.45, 7) is 3.71. The van der Waals surface area contributed by atoms with Crippen LogP contribution in [0.4, 0.5) is 11.7 Å². The van der Waals surface area contributed by atoms with E-state index in [9.17, 15) is 4.79 Å². The van der Waals surface area contributed by atoms with Crippen molar-refractivity contribution in [1.82, 2.24) is 14.9 Å². The first kappa shape index (κ1) is 11.2. The third kappa shape index (κ3) is 2.44. The molecule has 2 rings (SSSR count). The predicted octanol–water partition coefficient (Wildman–Crippen LogP) is 0.709. The van der Waals surface area contributed by atoms with Crippen LogP contribution >= 0.6 is 0 Å². The lowest BCUT2D eigenvalue weighted by Crippen LogP contribution is -2.19. The Morgan fingerprint density at radius 1 is 1.59 bits per heavy atom. The Bertz CT molecular complexity index is 543. The van der Waals surface area contributed by atoms with E-state index in [0.717, 1.165) is 11.3 Å². The Kier molecular flexibility index (Phi) is 2.82.